The van der Waals surface area contributed by atoms with E-state index in [1.54, 1.807) is 0 Å². The van der Waals surface area contributed by atoms with Gasteiger partial charge in [-0.3, -0.25) is 9.59 Å². The van der Waals surface area contributed by atoms with Gasteiger partial charge in [0.25, 0.3) is 0 Å². The van der Waals surface area contributed by atoms with Crippen LogP contribution in [0.4, 0.5) is 0 Å². The highest BCUT2D eigenvalue weighted by Gasteiger charge is 2.79. The van der Waals surface area contributed by atoms with Crippen LogP contribution < -0.4 is 0 Å². The third-order valence-corrected chi connectivity index (χ3v) is 9.47. The topological polar surface area (TPSA) is 115 Å². The van der Waals surface area contributed by atoms with Crippen molar-refractivity contribution in [2.75, 3.05) is 13.2 Å². The van der Waals surface area contributed by atoms with Gasteiger partial charge in [-0.25, -0.2) is 0 Å². The predicted molar refractivity (Wildman–Crippen MR) is 126 cm³/mol. The smallest absolute Gasteiger partial charge is 0.170 e. The summed E-state index contributed by atoms with van der Waals surface area (Å²) < 4.78 is 0. The van der Waals surface area contributed by atoms with Gasteiger partial charge in [-0.1, -0.05) is 26.0 Å². The number of fused-ring (bicyclic) bond motifs is 8. The first-order chi connectivity index (χ1) is 15.9. The van der Waals surface area contributed by atoms with E-state index >= 15 is 0 Å². The fraction of sp³-hybridized carbons (Fsp3) is 0.500. The van der Waals surface area contributed by atoms with Gasteiger partial charge in [0.2, 0.25) is 0 Å². The summed E-state index contributed by atoms with van der Waals surface area (Å²) in [4.78, 5) is 28.0. The molecular weight excluding hydrogens is 432 g/mol. The van der Waals surface area contributed by atoms with E-state index in [2.05, 4.69) is 0 Å². The van der Waals surface area contributed by atoms with Crippen LogP contribution in [0, 0.1) is 38.5 Å². The number of ketones is 2. The Morgan fingerprint density at radius 2 is 1.06 bits per heavy atom. The van der Waals surface area contributed by atoms with Crippen LogP contribution in [0.15, 0.2) is 12.1 Å². The number of Topliss-reactive ketones (excluding diaryl/α,β-unsaturated/α-hetero) is 2. The Morgan fingerprint density at radius 3 is 1.35 bits per heavy atom. The molecule has 2 aromatic carbocycles. The highest BCUT2D eigenvalue weighted by Crippen LogP contribution is 2.80. The molecule has 3 aliphatic rings. The van der Waals surface area contributed by atoms with Crippen LogP contribution in [-0.4, -0.2) is 45.2 Å². The average Bonchev–Trinajstić information content (AvgIpc) is 3.09. The summed E-state index contributed by atoms with van der Waals surface area (Å²) in [6.45, 7) is 10.3. The molecule has 6 nitrogen and oxygen atoms in total. The zero-order valence-corrected chi connectivity index (χ0v) is 20.5. The van der Waals surface area contributed by atoms with Crippen molar-refractivity contribution in [3.63, 3.8) is 0 Å². The van der Waals surface area contributed by atoms with Gasteiger partial charge in [0.1, 0.15) is 12.2 Å². The van der Waals surface area contributed by atoms with Gasteiger partial charge >= 0.3 is 0 Å². The highest BCUT2D eigenvalue weighted by molar-refractivity contribution is 6.19. The average molecular weight is 465 g/mol. The van der Waals surface area contributed by atoms with Crippen molar-refractivity contribution < 1.29 is 30.0 Å². The minimum Gasteiger partial charge on any atom is -0.393 e. The molecule has 4 N–H and O–H groups in total. The minimum absolute atomic E-state index is 0.0821. The molecule has 1 saturated carbocycles. The lowest BCUT2D eigenvalue weighted by Crippen LogP contribution is -2.61. The molecule has 6 atom stereocenters. The maximum atomic E-state index is 14.0. The summed E-state index contributed by atoms with van der Waals surface area (Å²) in [6.07, 6.45) is -2.13. The quantitative estimate of drug-likeness (QED) is 0.552. The molecule has 0 spiro atoms. The molecule has 180 valence electrons. The molecule has 2 aromatic rings. The molecule has 0 radical (unpaired) electrons. The third-order valence-electron chi connectivity index (χ3n) is 9.47. The number of hydrogen-bond donors (Lipinski definition) is 4. The van der Waals surface area contributed by atoms with Crippen molar-refractivity contribution in [2.45, 2.75) is 65.6 Å². The van der Waals surface area contributed by atoms with Crippen molar-refractivity contribution in [1.82, 2.24) is 0 Å². The van der Waals surface area contributed by atoms with E-state index in [4.69, 9.17) is 0 Å². The van der Waals surface area contributed by atoms with Gasteiger partial charge < -0.3 is 20.4 Å². The molecule has 5 rings (SSSR count). The lowest BCUT2D eigenvalue weighted by Gasteiger charge is -2.60. The first kappa shape index (κ1) is 23.4. The zero-order valence-electron chi connectivity index (χ0n) is 20.5. The first-order valence-electron chi connectivity index (χ1n) is 11.8. The van der Waals surface area contributed by atoms with Gasteiger partial charge in [0.15, 0.2) is 11.6 Å². The molecule has 0 amide bonds. The van der Waals surface area contributed by atoms with Crippen LogP contribution in [0.1, 0.15) is 103 Å². The van der Waals surface area contributed by atoms with Crippen molar-refractivity contribution in [1.29, 1.82) is 0 Å². The molecule has 6 heteroatoms. The van der Waals surface area contributed by atoms with Crippen molar-refractivity contribution in [3.8, 4) is 0 Å². The maximum Gasteiger partial charge on any atom is 0.170 e. The van der Waals surface area contributed by atoms with E-state index in [1.807, 2.05) is 53.7 Å². The Hall–Kier alpha value is -2.38. The first-order valence-corrected chi connectivity index (χ1v) is 11.8. The summed E-state index contributed by atoms with van der Waals surface area (Å²) in [7, 11) is 0. The van der Waals surface area contributed by atoms with Gasteiger partial charge in [-0.15, -0.1) is 0 Å². The van der Waals surface area contributed by atoms with E-state index in [-0.39, 0.29) is 23.4 Å². The lowest BCUT2D eigenvalue weighted by molar-refractivity contribution is -0.0397. The van der Waals surface area contributed by atoms with Crippen LogP contribution in [0.5, 0.6) is 0 Å². The van der Waals surface area contributed by atoms with Gasteiger partial charge in [-0.2, -0.15) is 0 Å². The predicted octanol–water partition coefficient (Wildman–Crippen LogP) is 3.26. The molecular formula is C28H32O6. The second-order valence-corrected chi connectivity index (χ2v) is 10.8. The van der Waals surface area contributed by atoms with Crippen molar-refractivity contribution in [3.05, 3.63) is 67.8 Å². The molecule has 0 aromatic heterocycles. The van der Waals surface area contributed by atoms with E-state index in [1.165, 1.54) is 0 Å². The van der Waals surface area contributed by atoms with E-state index in [9.17, 15) is 30.0 Å². The number of aliphatic hydroxyl groups is 4. The standard InChI is InChI=1S/C28H32O6/c1-11-7-15-21(13(3)19(11)17(31)9-29)25(33)27(5)23(15)24-16-8-12(2)20(18(32)10-30)14(4)22(16)26(34)28(24,27)6/h7-8,17-18,23-24,29-32H,9-10H2,1-6H3/t17?,18?,23-,24+,27+,28-. The van der Waals surface area contributed by atoms with E-state index < -0.39 is 36.3 Å². The minimum atomic E-state index is -1.07. The molecule has 3 aliphatic carbocycles. The molecule has 0 aliphatic heterocycles. The Labute approximate surface area is 199 Å². The van der Waals surface area contributed by atoms with Crippen molar-refractivity contribution >= 4 is 11.6 Å². The molecule has 0 saturated heterocycles. The van der Waals surface area contributed by atoms with E-state index in [0.717, 1.165) is 22.3 Å². The number of rotatable bonds is 4. The zero-order chi connectivity index (χ0) is 25.1. The summed E-state index contributed by atoms with van der Waals surface area (Å²) in [6, 6.07) is 3.91. The van der Waals surface area contributed by atoms with Gasteiger partial charge in [0.05, 0.1) is 24.0 Å². The van der Waals surface area contributed by atoms with Crippen LogP contribution in [0.3, 0.4) is 0 Å². The second kappa shape index (κ2) is 7.08. The van der Waals surface area contributed by atoms with Crippen LogP contribution in [0.2, 0.25) is 0 Å². The molecule has 0 bridgehead atoms. The fourth-order valence-corrected chi connectivity index (χ4v) is 7.83. The lowest BCUT2D eigenvalue weighted by atomic mass is 9.39. The third kappa shape index (κ3) is 2.30. The number of benzene rings is 2. The van der Waals surface area contributed by atoms with Gasteiger partial charge in [-0.05, 0) is 72.2 Å². The SMILES string of the molecule is Cc1cc2c(c(C)c1C(O)CO)C(=O)[C@]1(C)[C@H]2[C@@H]2c3cc(C)c(C(O)CO)c(C)c3C(=O)[C@@]21C. The number of carbonyl (C=O) groups excluding carboxylic acids is 2. The number of carbonyl (C=O) groups is 2. The number of hydrogen-bond acceptors (Lipinski definition) is 6. The number of aliphatic hydroxyl groups excluding tert-OH is 4. The van der Waals surface area contributed by atoms with Crippen molar-refractivity contribution in [2.24, 2.45) is 10.8 Å². The Bertz CT molecular complexity index is 1190. The molecule has 0 heterocycles. The largest absolute Gasteiger partial charge is 0.393 e. The molecule has 1 fully saturated rings. The normalized spacial score (nSPS) is 30.4. The maximum absolute atomic E-state index is 14.0. The van der Waals surface area contributed by atoms with Gasteiger partial charge in [0, 0.05) is 23.0 Å². The second-order valence-electron chi connectivity index (χ2n) is 10.8. The summed E-state index contributed by atoms with van der Waals surface area (Å²) in [5, 5.41) is 39.9. The monoisotopic (exact) mass is 464 g/mol. The van der Waals surface area contributed by atoms with Crippen LogP contribution >= 0.6 is 0 Å². The fourth-order valence-electron chi connectivity index (χ4n) is 7.83. The van der Waals surface area contributed by atoms with Crippen LogP contribution in [-0.2, 0) is 0 Å². The summed E-state index contributed by atoms with van der Waals surface area (Å²) in [5.41, 5.74) is 5.29. The molecule has 2 unspecified atom stereocenters. The number of aryl methyl sites for hydroxylation is 2. The summed E-state index contributed by atoms with van der Waals surface area (Å²) in [5.74, 6) is -0.506. The Kier molecular flexibility index (Phi) is 4.86. The highest BCUT2D eigenvalue weighted by atomic mass is 16.3. The van der Waals surface area contributed by atoms with Crippen LogP contribution in [0.25, 0.3) is 0 Å². The molecule has 34 heavy (non-hydrogen) atoms. The van der Waals surface area contributed by atoms with E-state index in [0.29, 0.717) is 33.4 Å². The Morgan fingerprint density at radius 1 is 0.735 bits per heavy atom. The Balaban J connectivity index is 1.76. The summed E-state index contributed by atoms with van der Waals surface area (Å²) >= 11 is 0.